The van der Waals surface area contributed by atoms with E-state index in [1.54, 1.807) is 41.3 Å². The number of hydrogen-bond acceptors (Lipinski definition) is 4. The standard InChI is InChI=1S/C26H28FN3O4S/c1-4-29(5-2)26(32)21-10-6-8-12-23(21)28-25(31)18-30(24-13-9-7-11-22(24)27)35(33,34)20-16-14-19(3)15-17-20/h6-17H,4-5,18H2,1-3H3,(H,28,31). The van der Waals surface area contributed by atoms with Gasteiger partial charge in [0.05, 0.1) is 21.8 Å². The number of amides is 2. The Morgan fingerprint density at radius 2 is 1.49 bits per heavy atom. The number of halogens is 1. The third-order valence-electron chi connectivity index (χ3n) is 5.50. The summed E-state index contributed by atoms with van der Waals surface area (Å²) in [5.41, 5.74) is 1.13. The highest BCUT2D eigenvalue weighted by atomic mass is 32.2. The molecule has 1 N–H and O–H groups in total. The number of benzene rings is 3. The maximum Gasteiger partial charge on any atom is 0.264 e. The Labute approximate surface area is 205 Å². The van der Waals surface area contributed by atoms with Crippen molar-refractivity contribution in [1.82, 2.24) is 4.90 Å². The van der Waals surface area contributed by atoms with Gasteiger partial charge in [0, 0.05) is 13.1 Å². The van der Waals surface area contributed by atoms with E-state index in [2.05, 4.69) is 5.32 Å². The van der Waals surface area contributed by atoms with Crippen LogP contribution in [0.2, 0.25) is 0 Å². The molecule has 0 saturated carbocycles. The van der Waals surface area contributed by atoms with Crippen molar-refractivity contribution in [2.24, 2.45) is 0 Å². The molecular formula is C26H28FN3O4S. The molecule has 0 spiro atoms. The maximum atomic E-state index is 14.7. The molecule has 0 aliphatic carbocycles. The smallest absolute Gasteiger partial charge is 0.264 e. The van der Waals surface area contributed by atoms with Crippen LogP contribution in [0, 0.1) is 12.7 Å². The van der Waals surface area contributed by atoms with Gasteiger partial charge in [-0.3, -0.25) is 13.9 Å². The Kier molecular flexibility index (Phi) is 8.24. The van der Waals surface area contributed by atoms with Crippen LogP contribution in [0.4, 0.5) is 15.8 Å². The molecule has 35 heavy (non-hydrogen) atoms. The van der Waals surface area contributed by atoms with E-state index in [0.29, 0.717) is 13.1 Å². The van der Waals surface area contributed by atoms with Crippen molar-refractivity contribution in [3.05, 3.63) is 89.7 Å². The zero-order chi connectivity index (χ0) is 25.6. The molecule has 3 rings (SSSR count). The zero-order valence-electron chi connectivity index (χ0n) is 19.9. The van der Waals surface area contributed by atoms with Gasteiger partial charge in [-0.1, -0.05) is 42.0 Å². The van der Waals surface area contributed by atoms with E-state index >= 15 is 0 Å². The topological polar surface area (TPSA) is 86.8 Å². The predicted molar refractivity (Wildman–Crippen MR) is 134 cm³/mol. The van der Waals surface area contributed by atoms with Crippen LogP contribution in [0.1, 0.15) is 29.8 Å². The second kappa shape index (κ2) is 11.1. The van der Waals surface area contributed by atoms with Crippen LogP contribution in [-0.4, -0.2) is 44.8 Å². The van der Waals surface area contributed by atoms with Crippen molar-refractivity contribution in [3.63, 3.8) is 0 Å². The molecule has 0 aromatic heterocycles. The first kappa shape index (κ1) is 25.9. The largest absolute Gasteiger partial charge is 0.339 e. The van der Waals surface area contributed by atoms with E-state index in [9.17, 15) is 22.4 Å². The number of carbonyl (C=O) groups is 2. The van der Waals surface area contributed by atoms with Crippen LogP contribution in [0.5, 0.6) is 0 Å². The summed E-state index contributed by atoms with van der Waals surface area (Å²) in [6.07, 6.45) is 0. The second-order valence-electron chi connectivity index (χ2n) is 7.85. The number of aryl methyl sites for hydroxylation is 1. The Balaban J connectivity index is 1.96. The molecule has 0 unspecified atom stereocenters. The lowest BCUT2D eigenvalue weighted by molar-refractivity contribution is -0.114. The number of nitrogens with one attached hydrogen (secondary N) is 1. The number of para-hydroxylation sites is 2. The first-order chi connectivity index (χ1) is 16.7. The van der Waals surface area contributed by atoms with Crippen molar-refractivity contribution >= 4 is 33.2 Å². The van der Waals surface area contributed by atoms with Gasteiger partial charge in [-0.05, 0) is 57.2 Å². The molecule has 0 radical (unpaired) electrons. The van der Waals surface area contributed by atoms with Gasteiger partial charge in [0.2, 0.25) is 5.91 Å². The monoisotopic (exact) mass is 497 g/mol. The first-order valence-corrected chi connectivity index (χ1v) is 12.6. The normalized spacial score (nSPS) is 11.1. The third-order valence-corrected chi connectivity index (χ3v) is 7.27. The molecule has 2 amide bonds. The predicted octanol–water partition coefficient (Wildman–Crippen LogP) is 4.45. The molecule has 0 aliphatic rings. The molecule has 0 bridgehead atoms. The summed E-state index contributed by atoms with van der Waals surface area (Å²) < 4.78 is 42.3. The Morgan fingerprint density at radius 3 is 2.11 bits per heavy atom. The van der Waals surface area contributed by atoms with Crippen LogP contribution < -0.4 is 9.62 Å². The summed E-state index contributed by atoms with van der Waals surface area (Å²) in [6, 6.07) is 17.9. The summed E-state index contributed by atoms with van der Waals surface area (Å²) in [6.45, 7) is 5.82. The van der Waals surface area contributed by atoms with Gasteiger partial charge >= 0.3 is 0 Å². The van der Waals surface area contributed by atoms with Gasteiger partial charge in [0.1, 0.15) is 12.4 Å². The molecule has 0 aliphatic heterocycles. The van der Waals surface area contributed by atoms with Crippen LogP contribution in [0.25, 0.3) is 0 Å². The number of anilines is 2. The summed E-state index contributed by atoms with van der Waals surface area (Å²) in [4.78, 5) is 27.5. The van der Waals surface area contributed by atoms with E-state index in [1.165, 1.54) is 30.3 Å². The fourth-order valence-corrected chi connectivity index (χ4v) is 5.00. The van der Waals surface area contributed by atoms with E-state index in [1.807, 2.05) is 20.8 Å². The summed E-state index contributed by atoms with van der Waals surface area (Å²) in [5, 5.41) is 2.63. The molecule has 184 valence electrons. The molecule has 3 aromatic rings. The van der Waals surface area contributed by atoms with E-state index in [0.717, 1.165) is 15.9 Å². The average molecular weight is 498 g/mol. The minimum atomic E-state index is -4.27. The fraction of sp³-hybridized carbons (Fsp3) is 0.231. The van der Waals surface area contributed by atoms with E-state index in [-0.39, 0.29) is 27.7 Å². The summed E-state index contributed by atoms with van der Waals surface area (Å²) >= 11 is 0. The first-order valence-electron chi connectivity index (χ1n) is 11.2. The summed E-state index contributed by atoms with van der Waals surface area (Å²) in [5.74, 6) is -1.76. The Bertz CT molecular complexity index is 1310. The zero-order valence-corrected chi connectivity index (χ0v) is 20.7. The maximum absolute atomic E-state index is 14.7. The lowest BCUT2D eigenvalue weighted by atomic mass is 10.1. The van der Waals surface area contributed by atoms with Crippen LogP contribution in [0.3, 0.4) is 0 Å². The van der Waals surface area contributed by atoms with Crippen molar-refractivity contribution in [2.75, 3.05) is 29.3 Å². The lowest BCUT2D eigenvalue weighted by Gasteiger charge is -2.25. The van der Waals surface area contributed by atoms with Crippen LogP contribution in [-0.2, 0) is 14.8 Å². The van der Waals surface area contributed by atoms with Gasteiger partial charge in [0.25, 0.3) is 15.9 Å². The molecule has 0 atom stereocenters. The van der Waals surface area contributed by atoms with Gasteiger partial charge in [-0.25, -0.2) is 12.8 Å². The number of nitrogens with zero attached hydrogens (tertiary/aromatic N) is 2. The fourth-order valence-electron chi connectivity index (χ4n) is 3.57. The molecule has 3 aromatic carbocycles. The summed E-state index contributed by atoms with van der Waals surface area (Å²) in [7, 11) is -4.27. The highest BCUT2D eigenvalue weighted by Gasteiger charge is 2.29. The van der Waals surface area contributed by atoms with E-state index in [4.69, 9.17) is 0 Å². The van der Waals surface area contributed by atoms with Crippen molar-refractivity contribution in [1.29, 1.82) is 0 Å². The van der Waals surface area contributed by atoms with Crippen molar-refractivity contribution in [3.8, 4) is 0 Å². The third kappa shape index (κ3) is 5.86. The minimum Gasteiger partial charge on any atom is -0.339 e. The van der Waals surface area contributed by atoms with Crippen molar-refractivity contribution in [2.45, 2.75) is 25.7 Å². The molecule has 9 heteroatoms. The quantitative estimate of drug-likeness (QED) is 0.473. The van der Waals surface area contributed by atoms with Gasteiger partial charge in [-0.2, -0.15) is 0 Å². The SMILES string of the molecule is CCN(CC)C(=O)c1ccccc1NC(=O)CN(c1ccccc1F)S(=O)(=O)c1ccc(C)cc1. The number of sulfonamides is 1. The average Bonchev–Trinajstić information content (AvgIpc) is 2.84. The minimum absolute atomic E-state index is 0.0729. The lowest BCUT2D eigenvalue weighted by Crippen LogP contribution is -2.39. The molecule has 0 fully saturated rings. The van der Waals surface area contributed by atoms with Gasteiger partial charge in [-0.15, -0.1) is 0 Å². The van der Waals surface area contributed by atoms with Crippen molar-refractivity contribution < 1.29 is 22.4 Å². The van der Waals surface area contributed by atoms with Crippen LogP contribution >= 0.6 is 0 Å². The molecule has 0 heterocycles. The Hall–Kier alpha value is -3.72. The number of rotatable bonds is 9. The molecular weight excluding hydrogens is 469 g/mol. The highest BCUT2D eigenvalue weighted by molar-refractivity contribution is 7.92. The number of hydrogen-bond donors (Lipinski definition) is 1. The number of carbonyl (C=O) groups excluding carboxylic acids is 2. The molecule has 7 nitrogen and oxygen atoms in total. The molecule has 0 saturated heterocycles. The van der Waals surface area contributed by atoms with E-state index < -0.39 is 28.3 Å². The van der Waals surface area contributed by atoms with Gasteiger partial charge < -0.3 is 10.2 Å². The van der Waals surface area contributed by atoms with Crippen LogP contribution in [0.15, 0.2) is 77.7 Å². The highest BCUT2D eigenvalue weighted by Crippen LogP contribution is 2.27. The Morgan fingerprint density at radius 1 is 0.886 bits per heavy atom. The van der Waals surface area contributed by atoms with Gasteiger partial charge in [0.15, 0.2) is 0 Å². The second-order valence-corrected chi connectivity index (χ2v) is 9.71.